The molecule has 0 saturated carbocycles. The van der Waals surface area contributed by atoms with E-state index in [1.54, 1.807) is 4.90 Å². The molecule has 23 heavy (non-hydrogen) atoms. The van der Waals surface area contributed by atoms with Gasteiger partial charge in [0.25, 0.3) is 5.91 Å². The van der Waals surface area contributed by atoms with E-state index in [-0.39, 0.29) is 17.6 Å². The van der Waals surface area contributed by atoms with Crippen LogP contribution in [0, 0.1) is 0 Å². The molecule has 0 spiro atoms. The summed E-state index contributed by atoms with van der Waals surface area (Å²) in [6.07, 6.45) is 6.04. The van der Waals surface area contributed by atoms with Gasteiger partial charge in [0.2, 0.25) is 0 Å². The fourth-order valence-corrected chi connectivity index (χ4v) is 3.57. The number of aryl methyl sites for hydroxylation is 2. The number of amides is 1. The predicted molar refractivity (Wildman–Crippen MR) is 82.0 cm³/mol. The van der Waals surface area contributed by atoms with Gasteiger partial charge in [-0.25, -0.2) is 9.89 Å². The van der Waals surface area contributed by atoms with Gasteiger partial charge in [-0.3, -0.25) is 14.5 Å². The summed E-state index contributed by atoms with van der Waals surface area (Å²) in [6, 6.07) is 1.73. The van der Waals surface area contributed by atoms with Crippen LogP contribution in [0.25, 0.3) is 0 Å². The van der Waals surface area contributed by atoms with Crippen molar-refractivity contribution in [2.75, 3.05) is 6.54 Å². The van der Waals surface area contributed by atoms with E-state index < -0.39 is 0 Å². The summed E-state index contributed by atoms with van der Waals surface area (Å²) in [7, 11) is 0. The fraction of sp³-hybridized carbons (Fsp3) is 0.600. The van der Waals surface area contributed by atoms with E-state index in [0.717, 1.165) is 50.8 Å². The van der Waals surface area contributed by atoms with Crippen molar-refractivity contribution in [1.29, 1.82) is 0 Å². The topological polar surface area (TPSA) is 99.7 Å². The van der Waals surface area contributed by atoms with Crippen LogP contribution in [-0.2, 0) is 13.0 Å². The number of aromatic nitrogens is 5. The quantitative estimate of drug-likeness (QED) is 0.863. The molecule has 8 heteroatoms. The summed E-state index contributed by atoms with van der Waals surface area (Å²) in [5.41, 5.74) is 1.31. The molecule has 0 bridgehead atoms. The SMILES string of the molecule is O=C(c1cc2n(n1)CCCC2)N1CCCCC1c1n[nH]c(=O)[nH]1. The average molecular weight is 316 g/mol. The highest BCUT2D eigenvalue weighted by atomic mass is 16.2. The van der Waals surface area contributed by atoms with Crippen LogP contribution >= 0.6 is 0 Å². The highest BCUT2D eigenvalue weighted by molar-refractivity contribution is 5.92. The average Bonchev–Trinajstić information content (AvgIpc) is 3.20. The zero-order valence-corrected chi connectivity index (χ0v) is 12.9. The lowest BCUT2D eigenvalue weighted by Crippen LogP contribution is -2.39. The summed E-state index contributed by atoms with van der Waals surface area (Å²) in [5.74, 6) is 0.465. The van der Waals surface area contributed by atoms with Crippen molar-refractivity contribution in [1.82, 2.24) is 29.9 Å². The Balaban J connectivity index is 1.62. The van der Waals surface area contributed by atoms with E-state index >= 15 is 0 Å². The number of carbonyl (C=O) groups is 1. The van der Waals surface area contributed by atoms with Crippen molar-refractivity contribution in [3.05, 3.63) is 33.8 Å². The molecule has 4 heterocycles. The number of hydrogen-bond acceptors (Lipinski definition) is 4. The molecule has 122 valence electrons. The van der Waals surface area contributed by atoms with Crippen LogP contribution in [0.3, 0.4) is 0 Å². The third kappa shape index (κ3) is 2.58. The molecule has 8 nitrogen and oxygen atoms in total. The molecule has 2 aromatic heterocycles. The first-order chi connectivity index (χ1) is 11.2. The molecule has 1 fully saturated rings. The van der Waals surface area contributed by atoms with Crippen molar-refractivity contribution in [3.63, 3.8) is 0 Å². The molecule has 0 aromatic carbocycles. The maximum Gasteiger partial charge on any atom is 0.340 e. The van der Waals surface area contributed by atoms with Gasteiger partial charge in [-0.05, 0) is 44.6 Å². The number of nitrogens with zero attached hydrogens (tertiary/aromatic N) is 4. The van der Waals surface area contributed by atoms with E-state index in [2.05, 4.69) is 20.3 Å². The predicted octanol–water partition coefficient (Wildman–Crippen LogP) is 0.998. The van der Waals surface area contributed by atoms with Gasteiger partial charge < -0.3 is 4.90 Å². The van der Waals surface area contributed by atoms with Crippen molar-refractivity contribution >= 4 is 5.91 Å². The largest absolute Gasteiger partial charge is 0.340 e. The van der Waals surface area contributed by atoms with Gasteiger partial charge in [0.15, 0.2) is 11.5 Å². The number of nitrogens with one attached hydrogen (secondary N) is 2. The number of H-pyrrole nitrogens is 2. The first kappa shape index (κ1) is 14.2. The molecule has 2 aliphatic rings. The molecule has 1 atom stereocenters. The van der Waals surface area contributed by atoms with Crippen LogP contribution < -0.4 is 5.69 Å². The lowest BCUT2D eigenvalue weighted by atomic mass is 10.0. The molecular weight excluding hydrogens is 296 g/mol. The Kier molecular flexibility index (Phi) is 3.51. The van der Waals surface area contributed by atoms with Gasteiger partial charge in [-0.1, -0.05) is 0 Å². The number of carbonyl (C=O) groups excluding carboxylic acids is 1. The van der Waals surface area contributed by atoms with Crippen LogP contribution in [-0.4, -0.2) is 42.3 Å². The molecule has 0 aliphatic carbocycles. The van der Waals surface area contributed by atoms with Gasteiger partial charge in [-0.2, -0.15) is 10.2 Å². The minimum atomic E-state index is -0.338. The molecule has 1 amide bonds. The standard InChI is InChI=1S/C15H20N6O2/c22-14(11-9-10-5-1-4-8-21(10)19-11)20-7-3-2-6-12(20)13-16-15(23)18-17-13/h9,12H,1-8H2,(H2,16,17,18,23). The lowest BCUT2D eigenvalue weighted by Gasteiger charge is -2.33. The van der Waals surface area contributed by atoms with E-state index in [1.165, 1.54) is 0 Å². The third-order valence-corrected chi connectivity index (χ3v) is 4.73. The van der Waals surface area contributed by atoms with Crippen LogP contribution in [0.2, 0.25) is 0 Å². The molecule has 2 aliphatic heterocycles. The van der Waals surface area contributed by atoms with Crippen LogP contribution in [0.15, 0.2) is 10.9 Å². The second-order valence-corrected chi connectivity index (χ2v) is 6.27. The Labute approximate surface area is 132 Å². The molecule has 1 saturated heterocycles. The molecular formula is C15H20N6O2. The van der Waals surface area contributed by atoms with Crippen molar-refractivity contribution in [3.8, 4) is 0 Å². The second kappa shape index (κ2) is 5.68. The van der Waals surface area contributed by atoms with Crippen molar-refractivity contribution in [2.24, 2.45) is 0 Å². The number of aromatic amines is 2. The minimum absolute atomic E-state index is 0.0690. The van der Waals surface area contributed by atoms with E-state index in [1.807, 2.05) is 10.7 Å². The fourth-order valence-electron chi connectivity index (χ4n) is 3.57. The first-order valence-corrected chi connectivity index (χ1v) is 8.24. The summed E-state index contributed by atoms with van der Waals surface area (Å²) in [5, 5.41) is 10.9. The van der Waals surface area contributed by atoms with E-state index in [4.69, 9.17) is 0 Å². The minimum Gasteiger partial charge on any atom is -0.327 e. The molecule has 2 aromatic rings. The van der Waals surface area contributed by atoms with Gasteiger partial charge in [0.1, 0.15) is 0 Å². The third-order valence-electron chi connectivity index (χ3n) is 4.73. The Bertz CT molecular complexity index is 750. The van der Waals surface area contributed by atoms with E-state index in [0.29, 0.717) is 18.1 Å². The number of likely N-dealkylation sites (tertiary alicyclic amines) is 1. The highest BCUT2D eigenvalue weighted by Crippen LogP contribution is 2.29. The Morgan fingerprint density at radius 2 is 2.09 bits per heavy atom. The molecule has 0 radical (unpaired) electrons. The molecule has 2 N–H and O–H groups in total. The number of piperidine rings is 1. The zero-order chi connectivity index (χ0) is 15.8. The number of rotatable bonds is 2. The summed E-state index contributed by atoms with van der Waals surface area (Å²) in [4.78, 5) is 28.7. The monoisotopic (exact) mass is 316 g/mol. The first-order valence-electron chi connectivity index (χ1n) is 8.24. The van der Waals surface area contributed by atoms with Gasteiger partial charge in [0, 0.05) is 18.8 Å². The Morgan fingerprint density at radius 3 is 2.87 bits per heavy atom. The number of fused-ring (bicyclic) bond motifs is 1. The van der Waals surface area contributed by atoms with Gasteiger partial charge in [-0.15, -0.1) is 0 Å². The highest BCUT2D eigenvalue weighted by Gasteiger charge is 2.32. The zero-order valence-electron chi connectivity index (χ0n) is 12.9. The van der Waals surface area contributed by atoms with Crippen molar-refractivity contribution in [2.45, 2.75) is 51.1 Å². The summed E-state index contributed by atoms with van der Waals surface area (Å²) >= 11 is 0. The number of hydrogen-bond donors (Lipinski definition) is 2. The molecule has 1 unspecified atom stereocenters. The smallest absolute Gasteiger partial charge is 0.327 e. The summed E-state index contributed by atoms with van der Waals surface area (Å²) in [6.45, 7) is 1.55. The Morgan fingerprint density at radius 1 is 1.22 bits per heavy atom. The van der Waals surface area contributed by atoms with E-state index in [9.17, 15) is 9.59 Å². The lowest BCUT2D eigenvalue weighted by molar-refractivity contribution is 0.0593. The van der Waals surface area contributed by atoms with Crippen molar-refractivity contribution < 1.29 is 4.79 Å². The van der Waals surface area contributed by atoms with Gasteiger partial charge >= 0.3 is 5.69 Å². The maximum absolute atomic E-state index is 12.9. The van der Waals surface area contributed by atoms with Crippen LogP contribution in [0.4, 0.5) is 0 Å². The summed E-state index contributed by atoms with van der Waals surface area (Å²) < 4.78 is 1.95. The second-order valence-electron chi connectivity index (χ2n) is 6.27. The normalized spacial score (nSPS) is 21.2. The maximum atomic E-state index is 12.9. The molecule has 4 rings (SSSR count). The van der Waals surface area contributed by atoms with Gasteiger partial charge in [0.05, 0.1) is 6.04 Å². The van der Waals surface area contributed by atoms with Crippen LogP contribution in [0.5, 0.6) is 0 Å². The van der Waals surface area contributed by atoms with Crippen LogP contribution in [0.1, 0.15) is 60.2 Å². The Hall–Kier alpha value is -2.38.